The second-order valence-electron chi connectivity index (χ2n) is 10.6. The Labute approximate surface area is 277 Å². The number of carbonyl (C=O) groups excluding carboxylic acids is 4. The van der Waals surface area contributed by atoms with Crippen molar-refractivity contribution in [3.63, 3.8) is 0 Å². The van der Waals surface area contributed by atoms with E-state index < -0.39 is 53.8 Å². The fourth-order valence-electron chi connectivity index (χ4n) is 4.47. The molecule has 12 N–H and O–H groups in total. The van der Waals surface area contributed by atoms with Gasteiger partial charge in [0.15, 0.2) is 5.96 Å². The first-order valence-electron chi connectivity index (χ1n) is 14.9. The average molecular weight is 673 g/mol. The lowest BCUT2D eigenvalue weighted by Gasteiger charge is -2.26. The van der Waals surface area contributed by atoms with Crippen molar-refractivity contribution in [2.75, 3.05) is 25.1 Å². The lowest BCUT2D eigenvalue weighted by Crippen LogP contribution is -2.58. The summed E-state index contributed by atoms with van der Waals surface area (Å²) < 4.78 is 0. The van der Waals surface area contributed by atoms with Gasteiger partial charge in [0.25, 0.3) is 0 Å². The third-order valence-electron chi connectivity index (χ3n) is 6.93. The van der Waals surface area contributed by atoms with Crippen LogP contribution >= 0.6 is 11.8 Å². The molecule has 0 saturated carbocycles. The predicted octanol–water partition coefficient (Wildman–Crippen LogP) is -1.03. The van der Waals surface area contributed by atoms with Crippen molar-refractivity contribution in [3.05, 3.63) is 65.7 Å². The third-order valence-corrected chi connectivity index (χ3v) is 7.58. The number of carboxylic acid groups (broad SMARTS) is 1. The number of nitrogens with two attached hydrogens (primary N) is 3. The topological polar surface area (TPSA) is 264 Å². The molecule has 2 aromatic rings. The van der Waals surface area contributed by atoms with Crippen molar-refractivity contribution in [3.8, 4) is 5.75 Å². The summed E-state index contributed by atoms with van der Waals surface area (Å²) in [6.07, 6.45) is 2.42. The van der Waals surface area contributed by atoms with Gasteiger partial charge in [-0.1, -0.05) is 42.5 Å². The highest BCUT2D eigenvalue weighted by Crippen LogP contribution is 2.13. The Bertz CT molecular complexity index is 1360. The lowest BCUT2D eigenvalue weighted by atomic mass is 10.0. The maximum absolute atomic E-state index is 13.7. The van der Waals surface area contributed by atoms with Gasteiger partial charge in [-0.3, -0.25) is 24.2 Å². The number of phenols is 1. The number of aliphatic carboxylic acids is 1. The molecule has 2 aromatic carbocycles. The zero-order valence-electron chi connectivity index (χ0n) is 26.2. The molecular formula is C31H44N8O7S. The van der Waals surface area contributed by atoms with Crippen LogP contribution < -0.4 is 38.5 Å². The Hall–Kier alpha value is -4.83. The van der Waals surface area contributed by atoms with Crippen LogP contribution in [0, 0.1) is 0 Å². The highest BCUT2D eigenvalue weighted by molar-refractivity contribution is 7.98. The van der Waals surface area contributed by atoms with E-state index in [1.807, 2.05) is 6.26 Å². The number of amides is 4. The Kier molecular flexibility index (Phi) is 16.6. The summed E-state index contributed by atoms with van der Waals surface area (Å²) in [5.41, 5.74) is 17.4. The van der Waals surface area contributed by atoms with Gasteiger partial charge in [-0.05, 0) is 54.5 Å². The Morgan fingerprint density at radius 1 is 0.766 bits per heavy atom. The largest absolute Gasteiger partial charge is 0.508 e. The second kappa shape index (κ2) is 20.3. The molecule has 4 atom stereocenters. The van der Waals surface area contributed by atoms with Crippen molar-refractivity contribution >= 4 is 47.3 Å². The number of benzene rings is 2. The first-order chi connectivity index (χ1) is 22.4. The number of aliphatic imine (C=N–C) groups is 1. The van der Waals surface area contributed by atoms with Crippen LogP contribution in [0.4, 0.5) is 0 Å². The average Bonchev–Trinajstić information content (AvgIpc) is 3.04. The number of carbonyl (C=O) groups is 5. The van der Waals surface area contributed by atoms with E-state index in [9.17, 15) is 34.2 Å². The number of nitrogens with one attached hydrogen (secondary N) is 4. The summed E-state index contributed by atoms with van der Waals surface area (Å²) in [5, 5.41) is 29.8. The number of nitrogens with zero attached hydrogens (tertiary/aromatic N) is 1. The number of thioether (sulfide) groups is 1. The number of phenolic OH excluding ortho intramolecular Hbond substituents is 1. The fourth-order valence-corrected chi connectivity index (χ4v) is 4.94. The van der Waals surface area contributed by atoms with Gasteiger partial charge < -0.3 is 48.7 Å². The minimum Gasteiger partial charge on any atom is -0.508 e. The van der Waals surface area contributed by atoms with Gasteiger partial charge in [-0.15, -0.1) is 0 Å². The van der Waals surface area contributed by atoms with Crippen LogP contribution in [0.15, 0.2) is 59.6 Å². The monoisotopic (exact) mass is 672 g/mol. The van der Waals surface area contributed by atoms with E-state index >= 15 is 0 Å². The van der Waals surface area contributed by atoms with Gasteiger partial charge in [0.05, 0.1) is 6.54 Å². The summed E-state index contributed by atoms with van der Waals surface area (Å²) in [6, 6.07) is 10.3. The summed E-state index contributed by atoms with van der Waals surface area (Å²) in [6.45, 7) is -0.194. The molecule has 0 aliphatic rings. The Balaban J connectivity index is 2.27. The molecule has 0 saturated heterocycles. The van der Waals surface area contributed by atoms with Gasteiger partial charge in [0.2, 0.25) is 23.6 Å². The van der Waals surface area contributed by atoms with E-state index in [0.717, 1.165) is 0 Å². The number of guanidine groups is 1. The van der Waals surface area contributed by atoms with Gasteiger partial charge in [0, 0.05) is 19.4 Å². The maximum Gasteiger partial charge on any atom is 0.326 e. The molecule has 0 aliphatic carbocycles. The molecular weight excluding hydrogens is 628 g/mol. The zero-order valence-corrected chi connectivity index (χ0v) is 27.0. The molecule has 16 heteroatoms. The van der Waals surface area contributed by atoms with Crippen molar-refractivity contribution in [2.45, 2.75) is 56.3 Å². The number of aromatic hydroxyl groups is 1. The van der Waals surface area contributed by atoms with Crippen LogP contribution in [0.25, 0.3) is 0 Å². The first kappa shape index (κ1) is 38.4. The molecule has 2 rings (SSSR count). The number of hydrogen-bond acceptors (Lipinski definition) is 9. The second-order valence-corrected chi connectivity index (χ2v) is 11.6. The normalized spacial score (nSPS) is 13.2. The van der Waals surface area contributed by atoms with E-state index in [0.29, 0.717) is 16.9 Å². The fraction of sp³-hybridized carbons (Fsp3) is 0.419. The van der Waals surface area contributed by atoms with E-state index in [4.69, 9.17) is 17.2 Å². The Morgan fingerprint density at radius 3 is 1.85 bits per heavy atom. The summed E-state index contributed by atoms with van der Waals surface area (Å²) in [4.78, 5) is 68.5. The van der Waals surface area contributed by atoms with Gasteiger partial charge in [-0.2, -0.15) is 11.8 Å². The predicted molar refractivity (Wildman–Crippen MR) is 179 cm³/mol. The molecule has 0 bridgehead atoms. The van der Waals surface area contributed by atoms with E-state index in [1.165, 1.54) is 23.9 Å². The highest BCUT2D eigenvalue weighted by atomic mass is 32.2. The minimum absolute atomic E-state index is 0.0317. The smallest absolute Gasteiger partial charge is 0.326 e. The van der Waals surface area contributed by atoms with Gasteiger partial charge >= 0.3 is 5.97 Å². The van der Waals surface area contributed by atoms with Crippen molar-refractivity contribution in [2.24, 2.45) is 22.2 Å². The molecule has 0 radical (unpaired) electrons. The van der Waals surface area contributed by atoms with Crippen molar-refractivity contribution in [1.82, 2.24) is 21.3 Å². The van der Waals surface area contributed by atoms with Crippen LogP contribution in [0.3, 0.4) is 0 Å². The molecule has 15 nitrogen and oxygen atoms in total. The van der Waals surface area contributed by atoms with Crippen LogP contribution in [0.1, 0.15) is 30.4 Å². The summed E-state index contributed by atoms with van der Waals surface area (Å²) in [5.74, 6) is -3.53. The summed E-state index contributed by atoms with van der Waals surface area (Å²) >= 11 is 1.44. The van der Waals surface area contributed by atoms with Crippen molar-refractivity contribution in [1.29, 1.82) is 0 Å². The third kappa shape index (κ3) is 14.4. The Morgan fingerprint density at radius 2 is 1.30 bits per heavy atom. The zero-order chi connectivity index (χ0) is 34.8. The van der Waals surface area contributed by atoms with Gasteiger partial charge in [-0.25, -0.2) is 4.79 Å². The van der Waals surface area contributed by atoms with Gasteiger partial charge in [0.1, 0.15) is 29.9 Å². The molecule has 256 valence electrons. The summed E-state index contributed by atoms with van der Waals surface area (Å²) in [7, 11) is 0. The number of rotatable bonds is 20. The highest BCUT2D eigenvalue weighted by Gasteiger charge is 2.31. The quantitative estimate of drug-likeness (QED) is 0.0466. The van der Waals surface area contributed by atoms with Crippen molar-refractivity contribution < 1.29 is 34.2 Å². The van der Waals surface area contributed by atoms with E-state index in [-0.39, 0.29) is 56.9 Å². The lowest BCUT2D eigenvalue weighted by molar-refractivity contribution is -0.142. The number of hydrogen-bond donors (Lipinski definition) is 9. The van der Waals surface area contributed by atoms with Crippen LogP contribution in [0.2, 0.25) is 0 Å². The van der Waals surface area contributed by atoms with Crippen LogP contribution in [-0.2, 0) is 36.8 Å². The number of carboxylic acids is 1. The molecule has 0 aromatic heterocycles. The van der Waals surface area contributed by atoms with E-state index in [1.54, 1.807) is 42.5 Å². The molecule has 4 amide bonds. The maximum atomic E-state index is 13.7. The van der Waals surface area contributed by atoms with Crippen LogP contribution in [-0.4, -0.2) is 95.0 Å². The van der Waals surface area contributed by atoms with Crippen LogP contribution in [0.5, 0.6) is 5.75 Å². The molecule has 0 fully saturated rings. The molecule has 0 spiro atoms. The molecule has 47 heavy (non-hydrogen) atoms. The molecule has 0 heterocycles. The first-order valence-corrected chi connectivity index (χ1v) is 16.3. The minimum atomic E-state index is -1.27. The standard InChI is InChI=1S/C31H44N8O7S/c1-47-15-13-22(37-28(43)24(36-26(41)18-32)17-20-9-11-21(40)12-10-20)27(42)39-25(16-19-6-3-2-4-7-19)29(44)38-23(30(45)46)8-5-14-35-31(33)34/h2-4,6-7,9-12,22-25,40H,5,8,13-18,32H2,1H3,(H,36,41)(H,37,43)(H,38,44)(H,39,42)(H,45,46)(H4,33,34,35)/t22-,23-,24-,25-/m0/s1. The molecule has 0 unspecified atom stereocenters. The molecule has 0 aliphatic heterocycles. The SMILES string of the molecule is CSCC[C@H](NC(=O)[C@H](Cc1ccc(O)cc1)NC(=O)CN)C(=O)N[C@@H](Cc1ccccc1)C(=O)N[C@@H](CCCN=C(N)N)C(=O)O. The van der Waals surface area contributed by atoms with E-state index in [2.05, 4.69) is 26.3 Å².